The average molecular weight is 278 g/mol. The molecule has 0 amide bonds. The van der Waals surface area contributed by atoms with Crippen LogP contribution in [0, 0.1) is 0 Å². The van der Waals surface area contributed by atoms with Crippen LogP contribution in [0.2, 0.25) is 0 Å². The maximum atomic E-state index is 10.9. The van der Waals surface area contributed by atoms with Gasteiger partial charge in [0.1, 0.15) is 5.75 Å². The Bertz CT molecular complexity index is 300. The van der Waals surface area contributed by atoms with Crippen molar-refractivity contribution in [2.24, 2.45) is 0 Å². The molecule has 1 aliphatic carbocycles. The van der Waals surface area contributed by atoms with Gasteiger partial charge in [0.25, 0.3) is 0 Å². The van der Waals surface area contributed by atoms with Crippen LogP contribution < -0.4 is 61.0 Å². The Hall–Kier alpha value is 1.05. The van der Waals surface area contributed by atoms with Gasteiger partial charge >= 0.3 is 51.4 Å². The second kappa shape index (κ2) is 10.9. The van der Waals surface area contributed by atoms with Crippen molar-refractivity contribution in [1.82, 2.24) is 0 Å². The smallest absolute Gasteiger partial charge is 0.829 e. The average Bonchev–Trinajstić information content (AvgIpc) is 3.14. The number of ether oxygens (including phenoxy) is 1. The molecule has 0 saturated heterocycles. The molecule has 2 nitrogen and oxygen atoms in total. The number of rotatable bonds is 4. The fourth-order valence-corrected chi connectivity index (χ4v) is 1.69. The molecule has 0 aliphatic heterocycles. The van der Waals surface area contributed by atoms with Crippen LogP contribution in [0.5, 0.6) is 5.75 Å². The molecule has 17 heavy (non-hydrogen) atoms. The van der Waals surface area contributed by atoms with Crippen LogP contribution in [0.25, 0.3) is 0 Å². The number of benzene rings is 1. The first-order valence-electron chi connectivity index (χ1n) is 5.73. The first-order valence-corrected chi connectivity index (χ1v) is 7.63. The molecular weight excluding hydrogens is 258 g/mol. The van der Waals surface area contributed by atoms with Gasteiger partial charge < -0.3 is 9.63 Å². The van der Waals surface area contributed by atoms with E-state index in [0.29, 0.717) is 0 Å². The minimum Gasteiger partial charge on any atom is -0.829 e. The zero-order chi connectivity index (χ0) is 11.8. The van der Waals surface area contributed by atoms with Crippen LogP contribution in [0.15, 0.2) is 24.3 Å². The van der Waals surface area contributed by atoms with Gasteiger partial charge in [-0.3, -0.25) is 0 Å². The largest absolute Gasteiger partial charge is 1.00 e. The van der Waals surface area contributed by atoms with Crippen LogP contribution in [-0.4, -0.2) is 19.9 Å². The Morgan fingerprint density at radius 3 is 2.41 bits per heavy atom. The molecule has 1 atom stereocenters. The molecule has 1 aromatic rings. The zero-order valence-electron chi connectivity index (χ0n) is 11.1. The van der Waals surface area contributed by atoms with Crippen LogP contribution in [0.3, 0.4) is 0 Å². The van der Waals surface area contributed by atoms with E-state index in [1.807, 2.05) is 24.3 Å². The monoisotopic (exact) mass is 278 g/mol. The van der Waals surface area contributed by atoms with Crippen molar-refractivity contribution in [2.45, 2.75) is 25.7 Å². The normalized spacial score (nSPS) is 13.8. The van der Waals surface area contributed by atoms with Crippen LogP contribution in [-0.2, 0) is 6.42 Å². The molecule has 2 rings (SSSR count). The molecule has 1 aliphatic rings. The fraction of sp³-hybridized carbons (Fsp3) is 0.538. The van der Waals surface area contributed by atoms with E-state index >= 15 is 0 Å². The van der Waals surface area contributed by atoms with Crippen molar-refractivity contribution in [3.63, 3.8) is 0 Å². The van der Waals surface area contributed by atoms with E-state index < -0.39 is 8.15 Å². The second-order valence-electron chi connectivity index (χ2n) is 4.01. The third kappa shape index (κ3) is 10.6. The van der Waals surface area contributed by atoms with Gasteiger partial charge in [-0.2, -0.15) is 0 Å². The van der Waals surface area contributed by atoms with Crippen molar-refractivity contribution < 1.29 is 61.0 Å². The summed E-state index contributed by atoms with van der Waals surface area (Å²) in [5.41, 5.74) is 1.18. The quantitative estimate of drug-likeness (QED) is 0.564. The Balaban J connectivity index is 0.000000554. The molecule has 1 aromatic carbocycles. The van der Waals surface area contributed by atoms with Crippen LogP contribution >= 0.6 is 8.15 Å². The van der Waals surface area contributed by atoms with Crippen molar-refractivity contribution in [2.75, 3.05) is 19.9 Å². The van der Waals surface area contributed by atoms with E-state index in [4.69, 9.17) is 4.74 Å². The predicted octanol–water partition coefficient (Wildman–Crippen LogP) is -0.201. The molecule has 0 heterocycles. The topological polar surface area (TPSA) is 32.3 Å². The van der Waals surface area contributed by atoms with Crippen molar-refractivity contribution in [3.8, 4) is 5.75 Å². The minimum absolute atomic E-state index is 0. The SMILES string of the molecule is C1CC1.COc1cccc(CCP(C)[O-])c1.[K+]. The first kappa shape index (κ1) is 18.0. The first-order chi connectivity index (χ1) is 7.72. The molecule has 1 fully saturated rings. The Morgan fingerprint density at radius 2 is 1.94 bits per heavy atom. The third-order valence-electron chi connectivity index (χ3n) is 2.20. The summed E-state index contributed by atoms with van der Waals surface area (Å²) in [7, 11) is 0.623. The van der Waals surface area contributed by atoms with Crippen LogP contribution in [0.4, 0.5) is 0 Å². The zero-order valence-corrected chi connectivity index (χ0v) is 15.1. The van der Waals surface area contributed by atoms with Gasteiger partial charge in [-0.25, -0.2) is 8.15 Å². The number of methoxy groups -OCH3 is 1. The summed E-state index contributed by atoms with van der Waals surface area (Å²) in [6.45, 7) is 1.76. The van der Waals surface area contributed by atoms with Crippen molar-refractivity contribution in [1.29, 1.82) is 0 Å². The molecule has 4 heteroatoms. The van der Waals surface area contributed by atoms with Gasteiger partial charge in [0, 0.05) is 0 Å². The van der Waals surface area contributed by atoms with E-state index in [9.17, 15) is 4.89 Å². The summed E-state index contributed by atoms with van der Waals surface area (Å²) in [4.78, 5) is 10.9. The molecule has 0 bridgehead atoms. The maximum Gasteiger partial charge on any atom is 1.00 e. The summed E-state index contributed by atoms with van der Waals surface area (Å²) in [6, 6.07) is 7.88. The molecule has 0 N–H and O–H groups in total. The Kier molecular flexibility index (Phi) is 11.6. The van der Waals surface area contributed by atoms with Gasteiger partial charge in [-0.15, -0.1) is 0 Å². The summed E-state index contributed by atoms with van der Waals surface area (Å²) < 4.78 is 5.09. The van der Waals surface area contributed by atoms with Gasteiger partial charge in [0.05, 0.1) is 7.11 Å². The van der Waals surface area contributed by atoms with Crippen molar-refractivity contribution in [3.05, 3.63) is 29.8 Å². The maximum absolute atomic E-state index is 10.9. The standard InChI is InChI=1S/C10H14O2P.C3H6.K/c1-12-10-5-3-4-9(8-10)6-7-13(2)11;1-2-3-1;/h3-5,8H,6-7H2,1-2H3;1-3H2;/q-1;;+1. The van der Waals surface area contributed by atoms with Crippen LogP contribution in [0.1, 0.15) is 24.8 Å². The summed E-state index contributed by atoms with van der Waals surface area (Å²) >= 11 is 0. The van der Waals surface area contributed by atoms with Gasteiger partial charge in [0.2, 0.25) is 0 Å². The fourth-order valence-electron chi connectivity index (χ4n) is 1.11. The summed E-state index contributed by atoms with van der Waals surface area (Å²) in [5, 5.41) is 0. The molecule has 0 aromatic heterocycles. The molecule has 1 saturated carbocycles. The Labute approximate surface area is 148 Å². The summed E-state index contributed by atoms with van der Waals surface area (Å²) in [6.07, 6.45) is 6.12. The van der Waals surface area contributed by atoms with Crippen molar-refractivity contribution >= 4 is 8.15 Å². The van der Waals surface area contributed by atoms with E-state index in [1.54, 1.807) is 13.8 Å². The summed E-state index contributed by atoms with van der Waals surface area (Å²) in [5.74, 6) is 0.865. The van der Waals surface area contributed by atoms with E-state index in [0.717, 1.165) is 18.3 Å². The second-order valence-corrected chi connectivity index (χ2v) is 5.72. The molecule has 0 spiro atoms. The molecule has 0 radical (unpaired) electrons. The number of hydrogen-bond donors (Lipinski definition) is 0. The van der Waals surface area contributed by atoms with Gasteiger partial charge in [0.15, 0.2) is 0 Å². The van der Waals surface area contributed by atoms with Gasteiger partial charge in [-0.1, -0.05) is 38.1 Å². The molecular formula is C13H20KO2P. The van der Waals surface area contributed by atoms with Gasteiger partial charge in [-0.05, 0) is 30.3 Å². The third-order valence-corrected chi connectivity index (χ3v) is 3.06. The van der Waals surface area contributed by atoms with E-state index in [1.165, 1.54) is 24.8 Å². The Morgan fingerprint density at radius 1 is 1.29 bits per heavy atom. The van der Waals surface area contributed by atoms with E-state index in [2.05, 4.69) is 0 Å². The predicted molar refractivity (Wildman–Crippen MR) is 68.3 cm³/mol. The number of hydrogen-bond acceptors (Lipinski definition) is 2. The molecule has 90 valence electrons. The minimum atomic E-state index is -1.03. The molecule has 1 unspecified atom stereocenters. The van der Waals surface area contributed by atoms with E-state index in [-0.39, 0.29) is 51.4 Å². The number of aryl methyl sites for hydroxylation is 1.